The van der Waals surface area contributed by atoms with Gasteiger partial charge in [0.1, 0.15) is 27.8 Å². The Bertz CT molecular complexity index is 1700. The van der Waals surface area contributed by atoms with Crippen molar-refractivity contribution in [1.82, 2.24) is 35.7 Å². The van der Waals surface area contributed by atoms with Crippen LogP contribution in [0.15, 0.2) is 54.6 Å². The van der Waals surface area contributed by atoms with E-state index in [0.717, 1.165) is 21.5 Å². The molecule has 0 radical (unpaired) electrons. The molecule has 5 heterocycles. The van der Waals surface area contributed by atoms with Gasteiger partial charge in [-0.25, -0.2) is 5.10 Å². The molecule has 0 bridgehead atoms. The van der Waals surface area contributed by atoms with Gasteiger partial charge >= 0.3 is 0 Å². The topological polar surface area (TPSA) is 128 Å². The van der Waals surface area contributed by atoms with Crippen LogP contribution in [0.2, 0.25) is 0 Å². The van der Waals surface area contributed by atoms with Crippen LogP contribution in [0.5, 0.6) is 5.75 Å². The fourth-order valence-electron chi connectivity index (χ4n) is 5.76. The summed E-state index contributed by atoms with van der Waals surface area (Å²) in [5, 5.41) is 23.0. The number of nitrogens with one attached hydrogen (secondary N) is 2. The summed E-state index contributed by atoms with van der Waals surface area (Å²) < 4.78 is 8.52. The molecule has 0 saturated carbocycles. The third kappa shape index (κ3) is 3.80. The number of aromatic amines is 1. The predicted octanol–water partition coefficient (Wildman–Crippen LogP) is 4.16. The van der Waals surface area contributed by atoms with Gasteiger partial charge in [-0.05, 0) is 54.7 Å². The Morgan fingerprint density at radius 1 is 1.13 bits per heavy atom. The van der Waals surface area contributed by atoms with Gasteiger partial charge in [0, 0.05) is 35.9 Å². The van der Waals surface area contributed by atoms with Crippen molar-refractivity contribution in [1.29, 1.82) is 0 Å². The molecule has 0 unspecified atom stereocenters. The zero-order valence-electron chi connectivity index (χ0n) is 21.2. The summed E-state index contributed by atoms with van der Waals surface area (Å²) in [5.41, 5.74) is 1.94. The van der Waals surface area contributed by atoms with Crippen molar-refractivity contribution in [3.8, 4) is 28.4 Å². The second-order valence-electron chi connectivity index (χ2n) is 9.90. The van der Waals surface area contributed by atoms with Crippen molar-refractivity contribution in [3.05, 3.63) is 65.0 Å². The van der Waals surface area contributed by atoms with E-state index >= 15 is 0 Å². The number of benzene rings is 2. The van der Waals surface area contributed by atoms with Crippen molar-refractivity contribution in [2.45, 2.75) is 31.9 Å². The number of carbonyl (C=O) groups is 2. The number of nitrogens with zero attached hydrogens (tertiary/aromatic N) is 5. The molecule has 2 aromatic carbocycles. The number of piperidine rings is 1. The zero-order valence-corrected chi connectivity index (χ0v) is 22.0. The molecule has 3 aromatic heterocycles. The van der Waals surface area contributed by atoms with Gasteiger partial charge in [-0.2, -0.15) is 5.10 Å². The van der Waals surface area contributed by atoms with E-state index in [1.807, 2.05) is 54.1 Å². The van der Waals surface area contributed by atoms with Crippen LogP contribution in [0, 0.1) is 5.92 Å². The minimum absolute atomic E-state index is 0.206. The molecular formula is C28H25N7O3S. The van der Waals surface area contributed by atoms with Gasteiger partial charge in [-0.15, -0.1) is 16.4 Å². The number of thiophene rings is 1. The van der Waals surface area contributed by atoms with E-state index in [0.29, 0.717) is 60.1 Å². The third-order valence-corrected chi connectivity index (χ3v) is 8.85. The molecular weight excluding hydrogens is 514 g/mol. The van der Waals surface area contributed by atoms with Gasteiger partial charge in [0.2, 0.25) is 0 Å². The fourth-order valence-corrected chi connectivity index (χ4v) is 6.91. The number of Topliss-reactive ketones (excluding diaryl/α,β-unsaturated/α-hetero) is 2. The lowest BCUT2D eigenvalue weighted by atomic mass is 9.71. The first kappa shape index (κ1) is 23.9. The summed E-state index contributed by atoms with van der Waals surface area (Å²) in [7, 11) is 0. The molecule has 1 fully saturated rings. The van der Waals surface area contributed by atoms with Crippen LogP contribution in [-0.4, -0.2) is 60.7 Å². The molecule has 0 aliphatic carbocycles. The first-order chi connectivity index (χ1) is 19.1. The van der Waals surface area contributed by atoms with Crippen LogP contribution in [0.3, 0.4) is 0 Å². The van der Waals surface area contributed by atoms with Crippen molar-refractivity contribution in [2.24, 2.45) is 5.92 Å². The molecule has 11 heteroatoms. The third-order valence-electron chi connectivity index (χ3n) is 7.69. The highest BCUT2D eigenvalue weighted by Crippen LogP contribution is 2.45. The number of ketones is 2. The Labute approximate surface area is 227 Å². The second-order valence-corrected chi connectivity index (χ2v) is 10.9. The Morgan fingerprint density at radius 3 is 2.69 bits per heavy atom. The Morgan fingerprint density at radius 2 is 1.95 bits per heavy atom. The zero-order chi connectivity index (χ0) is 26.6. The van der Waals surface area contributed by atoms with Gasteiger partial charge in [-0.3, -0.25) is 14.3 Å². The summed E-state index contributed by atoms with van der Waals surface area (Å²) in [6, 6.07) is 17.2. The fraction of sp³-hybridized carbons (Fsp3) is 0.286. The molecule has 7 rings (SSSR count). The molecule has 1 saturated heterocycles. The highest BCUT2D eigenvalue weighted by Gasteiger charge is 2.54. The van der Waals surface area contributed by atoms with Gasteiger partial charge in [-0.1, -0.05) is 30.3 Å². The lowest BCUT2D eigenvalue weighted by Gasteiger charge is -2.45. The Kier molecular flexibility index (Phi) is 5.64. The number of H-pyrrole nitrogens is 1. The van der Waals surface area contributed by atoms with E-state index < -0.39 is 11.5 Å². The number of carbonyl (C=O) groups excluding carboxylic acids is 2. The van der Waals surface area contributed by atoms with Crippen molar-refractivity contribution >= 4 is 33.1 Å². The summed E-state index contributed by atoms with van der Waals surface area (Å²) in [6.45, 7) is 4.04. The largest absolute Gasteiger partial charge is 0.485 e. The Balaban J connectivity index is 1.34. The number of ether oxygens (including phenoxy) is 1. The van der Waals surface area contributed by atoms with E-state index in [1.54, 1.807) is 12.1 Å². The van der Waals surface area contributed by atoms with Crippen LogP contribution in [0.4, 0.5) is 0 Å². The van der Waals surface area contributed by atoms with Gasteiger partial charge in [0.05, 0.1) is 10.4 Å². The SMILES string of the molecule is CCn1nc(-c2ccccc2)c2cc(C(=O)[C@H]3C(=O)c4cc(-c5nnn[nH]5)ccc4OC34CCNCC4)sc21. The molecule has 2 aliphatic heterocycles. The standard InChI is InChI=1S/C28H25N7O3S/c1-2-35-27-19(23(32-35)16-6-4-3-5-7-16)15-21(39-27)25(37)22-24(36)18-14-17(26-30-33-34-31-26)8-9-20(18)38-28(22)10-12-29-13-11-28/h3-9,14-15,22,29H,2,10-13H2,1H3,(H,30,31,33,34)/t22-/m1/s1. The van der Waals surface area contributed by atoms with E-state index in [9.17, 15) is 9.59 Å². The van der Waals surface area contributed by atoms with Crippen LogP contribution in [0.25, 0.3) is 32.9 Å². The van der Waals surface area contributed by atoms with Crippen LogP contribution >= 0.6 is 11.3 Å². The van der Waals surface area contributed by atoms with Crippen LogP contribution in [0.1, 0.15) is 39.8 Å². The van der Waals surface area contributed by atoms with Crippen molar-refractivity contribution in [3.63, 3.8) is 0 Å². The van der Waals surface area contributed by atoms with Gasteiger partial charge < -0.3 is 10.1 Å². The summed E-state index contributed by atoms with van der Waals surface area (Å²) >= 11 is 1.39. The van der Waals surface area contributed by atoms with E-state index in [1.165, 1.54) is 11.3 Å². The number of aromatic nitrogens is 6. The minimum Gasteiger partial charge on any atom is -0.485 e. The number of rotatable bonds is 5. The van der Waals surface area contributed by atoms with Crippen molar-refractivity contribution < 1.29 is 14.3 Å². The van der Waals surface area contributed by atoms with Crippen molar-refractivity contribution in [2.75, 3.05) is 13.1 Å². The molecule has 1 atom stereocenters. The maximum absolute atomic E-state index is 14.3. The normalized spacial score (nSPS) is 18.3. The van der Waals surface area contributed by atoms with Crippen LogP contribution < -0.4 is 10.1 Å². The highest BCUT2D eigenvalue weighted by molar-refractivity contribution is 7.20. The maximum Gasteiger partial charge on any atom is 0.187 e. The number of hydrogen-bond acceptors (Lipinski definition) is 9. The first-order valence-corrected chi connectivity index (χ1v) is 13.8. The molecule has 2 N–H and O–H groups in total. The summed E-state index contributed by atoms with van der Waals surface area (Å²) in [4.78, 5) is 30.0. The highest BCUT2D eigenvalue weighted by atomic mass is 32.1. The monoisotopic (exact) mass is 539 g/mol. The summed E-state index contributed by atoms with van der Waals surface area (Å²) in [6.07, 6.45) is 1.12. The van der Waals surface area contributed by atoms with Gasteiger partial charge in [0.15, 0.2) is 17.4 Å². The predicted molar refractivity (Wildman–Crippen MR) is 146 cm³/mol. The quantitative estimate of drug-likeness (QED) is 0.252. The average Bonchev–Trinajstić information content (AvgIpc) is 3.71. The molecule has 39 heavy (non-hydrogen) atoms. The lowest BCUT2D eigenvalue weighted by molar-refractivity contribution is -0.0136. The number of hydrogen-bond donors (Lipinski definition) is 2. The number of tetrazole rings is 1. The molecule has 196 valence electrons. The summed E-state index contributed by atoms with van der Waals surface area (Å²) in [5.74, 6) is -0.456. The average molecular weight is 540 g/mol. The van der Waals surface area contributed by atoms with E-state index in [-0.39, 0.29) is 11.6 Å². The van der Waals surface area contributed by atoms with Gasteiger partial charge in [0.25, 0.3) is 0 Å². The van der Waals surface area contributed by atoms with Crippen LogP contribution in [-0.2, 0) is 6.54 Å². The minimum atomic E-state index is -0.957. The molecule has 10 nitrogen and oxygen atoms in total. The second kappa shape index (κ2) is 9.21. The maximum atomic E-state index is 14.3. The Hall–Kier alpha value is -4.22. The number of aryl methyl sites for hydroxylation is 1. The number of fused-ring (bicyclic) bond motifs is 2. The first-order valence-electron chi connectivity index (χ1n) is 13.0. The van der Waals surface area contributed by atoms with E-state index in [4.69, 9.17) is 9.84 Å². The smallest absolute Gasteiger partial charge is 0.187 e. The van der Waals surface area contributed by atoms with E-state index in [2.05, 4.69) is 25.9 Å². The lowest BCUT2D eigenvalue weighted by Crippen LogP contribution is -2.58. The molecule has 1 spiro atoms. The molecule has 5 aromatic rings. The molecule has 0 amide bonds. The molecule has 2 aliphatic rings.